The van der Waals surface area contributed by atoms with Crippen molar-refractivity contribution in [1.82, 2.24) is 20.3 Å². The van der Waals surface area contributed by atoms with Gasteiger partial charge in [0, 0.05) is 31.3 Å². The number of rotatable bonds is 11. The lowest BCUT2D eigenvalue weighted by Gasteiger charge is -2.41. The van der Waals surface area contributed by atoms with Crippen LogP contribution < -0.4 is 21.1 Å². The molecule has 0 bridgehead atoms. The molecule has 3 heterocycles. The second kappa shape index (κ2) is 14.3. The highest BCUT2D eigenvalue weighted by Crippen LogP contribution is 2.43. The van der Waals surface area contributed by atoms with E-state index in [9.17, 15) is 35.9 Å². The molecule has 0 saturated carbocycles. The third kappa shape index (κ3) is 7.95. The highest BCUT2D eigenvalue weighted by Gasteiger charge is 2.47. The minimum Gasteiger partial charge on any atom is -0.481 e. The first kappa shape index (κ1) is 36.3. The van der Waals surface area contributed by atoms with E-state index in [1.165, 1.54) is 25.6 Å². The Bertz CT molecular complexity index is 1590. The van der Waals surface area contributed by atoms with Crippen molar-refractivity contribution in [2.75, 3.05) is 26.1 Å². The number of fused-ring (bicyclic) bond motifs is 1. The molecule has 0 spiro atoms. The highest BCUT2D eigenvalue weighted by atomic mass is 19.4. The number of pyridine rings is 1. The Morgan fingerprint density at radius 2 is 1.67 bits per heavy atom. The fourth-order valence-electron chi connectivity index (χ4n) is 5.39. The van der Waals surface area contributed by atoms with E-state index in [2.05, 4.69) is 30.3 Å². The third-order valence-electron chi connectivity index (χ3n) is 7.89. The van der Waals surface area contributed by atoms with Gasteiger partial charge in [0.2, 0.25) is 5.88 Å². The summed E-state index contributed by atoms with van der Waals surface area (Å²) in [5.74, 6) is -1.37. The summed E-state index contributed by atoms with van der Waals surface area (Å²) in [4.78, 5) is 38.1. The van der Waals surface area contributed by atoms with E-state index in [0.717, 1.165) is 7.11 Å². The van der Waals surface area contributed by atoms with Gasteiger partial charge >= 0.3 is 24.3 Å². The van der Waals surface area contributed by atoms with Gasteiger partial charge in [-0.2, -0.15) is 26.3 Å². The SMILES string of the molecule is CCOC(=O)[C@@]1(CC)C[C@H](NC(c2cc(C(F)(F)F)cc(C(F)(F)F)c2)c2ncc(CC(N)C(=O)OC)cn2)c2nc(OC)ccc2N1. The number of carbonyl (C=O) groups excluding carboxylic acids is 2. The van der Waals surface area contributed by atoms with Crippen molar-refractivity contribution in [3.05, 3.63) is 76.5 Å². The lowest BCUT2D eigenvalue weighted by molar-refractivity contribution is -0.149. The summed E-state index contributed by atoms with van der Waals surface area (Å²) in [5, 5.41) is 6.27. The topological polar surface area (TPSA) is 151 Å². The summed E-state index contributed by atoms with van der Waals surface area (Å²) < 4.78 is 99.0. The summed E-state index contributed by atoms with van der Waals surface area (Å²) in [6.07, 6.45) is -7.69. The number of methoxy groups -OCH3 is 2. The van der Waals surface area contributed by atoms with Crippen molar-refractivity contribution in [3.63, 3.8) is 0 Å². The fourth-order valence-corrected chi connectivity index (χ4v) is 5.39. The summed E-state index contributed by atoms with van der Waals surface area (Å²) >= 11 is 0. The van der Waals surface area contributed by atoms with Crippen LogP contribution in [-0.4, -0.2) is 59.3 Å². The molecule has 0 fully saturated rings. The number of nitrogens with two attached hydrogens (primary N) is 1. The predicted molar refractivity (Wildman–Crippen MR) is 159 cm³/mol. The van der Waals surface area contributed by atoms with Gasteiger partial charge < -0.3 is 25.3 Å². The first-order valence-electron chi connectivity index (χ1n) is 14.7. The van der Waals surface area contributed by atoms with Gasteiger partial charge in [0.15, 0.2) is 0 Å². The van der Waals surface area contributed by atoms with E-state index in [0.29, 0.717) is 23.4 Å². The molecule has 4 N–H and O–H groups in total. The van der Waals surface area contributed by atoms with Crippen LogP contribution in [0.1, 0.15) is 72.5 Å². The molecular weight excluding hydrogens is 650 g/mol. The highest BCUT2D eigenvalue weighted by molar-refractivity contribution is 5.86. The van der Waals surface area contributed by atoms with Crippen molar-refractivity contribution in [3.8, 4) is 5.88 Å². The maximum absolute atomic E-state index is 14.0. The molecule has 1 aliphatic heterocycles. The molecule has 1 aliphatic rings. The molecule has 0 aliphatic carbocycles. The van der Waals surface area contributed by atoms with Crippen molar-refractivity contribution in [1.29, 1.82) is 0 Å². The molecule has 2 unspecified atom stereocenters. The van der Waals surface area contributed by atoms with Crippen LogP contribution in [0.2, 0.25) is 0 Å². The number of carbonyl (C=O) groups is 2. The number of halogens is 6. The number of alkyl halides is 6. The standard InChI is InChI=1S/C31H34F6N6O5/c1-5-29(28(45)48-6-2)13-22(25-21(43-29)7-8-23(42-25)46-3)41-24(26-39-14-16(15-40-26)9-20(38)27(44)47-4)17-10-18(30(32,33)34)12-19(11-17)31(35,36)37/h7-8,10-12,14-15,20,22,24,41,43H,5-6,9,13,38H2,1-4H3/t20?,22-,24?,29+/m0/s1. The van der Waals surface area contributed by atoms with Gasteiger partial charge in [-0.1, -0.05) is 6.92 Å². The summed E-state index contributed by atoms with van der Waals surface area (Å²) in [7, 11) is 2.52. The zero-order valence-corrected chi connectivity index (χ0v) is 26.3. The first-order valence-corrected chi connectivity index (χ1v) is 14.7. The van der Waals surface area contributed by atoms with Crippen LogP contribution in [0.5, 0.6) is 5.88 Å². The van der Waals surface area contributed by atoms with Crippen LogP contribution in [0.4, 0.5) is 32.0 Å². The van der Waals surface area contributed by atoms with Crippen LogP contribution in [-0.2, 0) is 37.8 Å². The molecule has 4 atom stereocenters. The molecule has 0 radical (unpaired) electrons. The average Bonchev–Trinajstić information content (AvgIpc) is 3.05. The number of esters is 2. The number of hydrogen-bond acceptors (Lipinski definition) is 11. The van der Waals surface area contributed by atoms with Crippen LogP contribution in [0.15, 0.2) is 42.7 Å². The Kier molecular flexibility index (Phi) is 10.8. The van der Waals surface area contributed by atoms with Gasteiger partial charge in [0.25, 0.3) is 0 Å². The Morgan fingerprint density at radius 1 is 1.04 bits per heavy atom. The van der Waals surface area contributed by atoms with Gasteiger partial charge in [0.05, 0.1) is 55.4 Å². The van der Waals surface area contributed by atoms with Gasteiger partial charge in [-0.25, -0.2) is 19.7 Å². The quantitative estimate of drug-likeness (QED) is 0.187. The summed E-state index contributed by atoms with van der Waals surface area (Å²) in [5.41, 5.74) is 1.92. The number of benzene rings is 1. The Balaban J connectivity index is 1.90. The van der Waals surface area contributed by atoms with Gasteiger partial charge in [-0.05, 0) is 48.7 Å². The average molecular weight is 685 g/mol. The minimum absolute atomic E-state index is 0.0217. The number of nitrogens with zero attached hydrogens (tertiary/aromatic N) is 3. The molecular formula is C31H34F6N6O5. The number of aromatic nitrogens is 3. The van der Waals surface area contributed by atoms with Gasteiger partial charge in [0.1, 0.15) is 17.4 Å². The number of ether oxygens (including phenoxy) is 3. The smallest absolute Gasteiger partial charge is 0.416 e. The minimum atomic E-state index is -5.13. The van der Waals surface area contributed by atoms with E-state index in [1.807, 2.05) is 0 Å². The third-order valence-corrected chi connectivity index (χ3v) is 7.89. The van der Waals surface area contributed by atoms with E-state index in [4.69, 9.17) is 15.2 Å². The van der Waals surface area contributed by atoms with E-state index in [-0.39, 0.29) is 49.3 Å². The van der Waals surface area contributed by atoms with Crippen molar-refractivity contribution < 1.29 is 50.1 Å². The van der Waals surface area contributed by atoms with Gasteiger partial charge in [-0.3, -0.25) is 10.1 Å². The zero-order valence-electron chi connectivity index (χ0n) is 26.3. The number of hydrogen-bond donors (Lipinski definition) is 3. The lowest BCUT2D eigenvalue weighted by Crippen LogP contribution is -2.53. The molecule has 0 amide bonds. The maximum Gasteiger partial charge on any atom is 0.416 e. The molecule has 260 valence electrons. The van der Waals surface area contributed by atoms with Crippen LogP contribution in [0.3, 0.4) is 0 Å². The monoisotopic (exact) mass is 684 g/mol. The number of nitrogens with one attached hydrogen (secondary N) is 2. The molecule has 0 saturated heterocycles. The predicted octanol–water partition coefficient (Wildman–Crippen LogP) is 4.91. The molecule has 1 aromatic carbocycles. The van der Waals surface area contributed by atoms with E-state index < -0.39 is 64.6 Å². The first-order chi connectivity index (χ1) is 22.5. The summed E-state index contributed by atoms with van der Waals surface area (Å²) in [6, 6.07) is 0.744. The molecule has 2 aromatic heterocycles. The van der Waals surface area contributed by atoms with Gasteiger partial charge in [-0.15, -0.1) is 0 Å². The molecule has 17 heteroatoms. The Morgan fingerprint density at radius 3 is 2.19 bits per heavy atom. The number of anilines is 1. The normalized spacial score (nSPS) is 19.0. The fraction of sp³-hybridized carbons (Fsp3) is 0.452. The van der Waals surface area contributed by atoms with Crippen molar-refractivity contribution >= 4 is 17.6 Å². The Labute approximate surface area is 271 Å². The maximum atomic E-state index is 14.0. The lowest BCUT2D eigenvalue weighted by atomic mass is 9.82. The van der Waals surface area contributed by atoms with Crippen LogP contribution in [0, 0.1) is 0 Å². The second-order valence-corrected chi connectivity index (χ2v) is 11.0. The molecule has 11 nitrogen and oxygen atoms in total. The largest absolute Gasteiger partial charge is 0.481 e. The molecule has 4 rings (SSSR count). The van der Waals surface area contributed by atoms with E-state index >= 15 is 0 Å². The molecule has 48 heavy (non-hydrogen) atoms. The summed E-state index contributed by atoms with van der Waals surface area (Å²) in [6.45, 7) is 3.41. The second-order valence-electron chi connectivity index (χ2n) is 11.0. The Hall–Kier alpha value is -4.51. The molecule has 3 aromatic rings. The zero-order chi connectivity index (χ0) is 35.4. The van der Waals surface area contributed by atoms with Crippen molar-refractivity contribution in [2.24, 2.45) is 5.73 Å². The van der Waals surface area contributed by atoms with Crippen LogP contribution >= 0.6 is 0 Å². The van der Waals surface area contributed by atoms with Crippen molar-refractivity contribution in [2.45, 2.75) is 69.1 Å². The van der Waals surface area contributed by atoms with E-state index in [1.54, 1.807) is 19.9 Å². The van der Waals surface area contributed by atoms with Crippen LogP contribution in [0.25, 0.3) is 0 Å².